The van der Waals surface area contributed by atoms with Gasteiger partial charge in [-0.25, -0.2) is 14.2 Å². The summed E-state index contributed by atoms with van der Waals surface area (Å²) in [5, 5.41) is 1.04. The zero-order valence-corrected chi connectivity index (χ0v) is 19.9. The third-order valence-corrected chi connectivity index (χ3v) is 6.48. The molecule has 2 fully saturated rings. The molecule has 7 nitrogen and oxygen atoms in total. The highest BCUT2D eigenvalue weighted by Crippen LogP contribution is 2.48. The Kier molecular flexibility index (Phi) is 7.98. The van der Waals surface area contributed by atoms with Crippen molar-refractivity contribution in [2.75, 3.05) is 40.5 Å². The SMILES string of the molecule is CON(C)C(=O)C1C=CC(COC[C@@H]2C[C@@H]2C2CCN(C(=O)OC(C)(C)C)CC2)=CC1F. The Balaban J connectivity index is 1.34. The maximum Gasteiger partial charge on any atom is 0.410 e. The van der Waals surface area contributed by atoms with Gasteiger partial charge in [0.15, 0.2) is 0 Å². The molecule has 0 radical (unpaired) electrons. The molecule has 0 spiro atoms. The van der Waals surface area contributed by atoms with E-state index in [1.165, 1.54) is 20.2 Å². The number of piperidine rings is 1. The number of amides is 2. The van der Waals surface area contributed by atoms with Crippen LogP contribution in [0.1, 0.15) is 40.0 Å². The van der Waals surface area contributed by atoms with Crippen molar-refractivity contribution in [3.05, 3.63) is 23.8 Å². The lowest BCUT2D eigenvalue weighted by molar-refractivity contribution is -0.173. The molecule has 2 unspecified atom stereocenters. The normalized spacial score (nSPS) is 28.3. The summed E-state index contributed by atoms with van der Waals surface area (Å²) >= 11 is 0. The molecule has 0 aromatic carbocycles. The monoisotopic (exact) mass is 452 g/mol. The highest BCUT2D eigenvalue weighted by Gasteiger charge is 2.44. The maximum absolute atomic E-state index is 14.4. The van der Waals surface area contributed by atoms with E-state index in [1.54, 1.807) is 12.2 Å². The first-order valence-corrected chi connectivity index (χ1v) is 11.5. The predicted octanol–water partition coefficient (Wildman–Crippen LogP) is 3.76. The fraction of sp³-hybridized carbons (Fsp3) is 0.750. The zero-order valence-electron chi connectivity index (χ0n) is 19.9. The van der Waals surface area contributed by atoms with Crippen molar-refractivity contribution in [1.29, 1.82) is 0 Å². The topological polar surface area (TPSA) is 68.3 Å². The number of hydrogen-bond donors (Lipinski definition) is 0. The second kappa shape index (κ2) is 10.3. The van der Waals surface area contributed by atoms with Crippen molar-refractivity contribution in [2.45, 2.75) is 51.8 Å². The summed E-state index contributed by atoms with van der Waals surface area (Å²) in [6.07, 6.45) is 6.36. The van der Waals surface area contributed by atoms with Crippen molar-refractivity contribution in [2.24, 2.45) is 23.7 Å². The van der Waals surface area contributed by atoms with E-state index < -0.39 is 23.6 Å². The number of likely N-dealkylation sites (tertiary alicyclic amines) is 1. The quantitative estimate of drug-likeness (QED) is 0.550. The van der Waals surface area contributed by atoms with Gasteiger partial charge in [-0.15, -0.1) is 0 Å². The number of nitrogens with zero attached hydrogens (tertiary/aromatic N) is 2. The molecule has 3 rings (SSSR count). The molecule has 1 heterocycles. The van der Waals surface area contributed by atoms with Crippen molar-refractivity contribution < 1.29 is 28.3 Å². The van der Waals surface area contributed by atoms with Gasteiger partial charge in [-0.3, -0.25) is 9.63 Å². The van der Waals surface area contributed by atoms with Crippen LogP contribution in [0.2, 0.25) is 0 Å². The highest BCUT2D eigenvalue weighted by molar-refractivity contribution is 5.81. The summed E-state index contributed by atoms with van der Waals surface area (Å²) in [5.41, 5.74) is 0.291. The number of halogens is 1. The molecule has 8 heteroatoms. The first-order chi connectivity index (χ1) is 15.1. The third-order valence-electron chi connectivity index (χ3n) is 6.48. The maximum atomic E-state index is 14.4. The lowest BCUT2D eigenvalue weighted by Crippen LogP contribution is -2.42. The molecule has 32 heavy (non-hydrogen) atoms. The van der Waals surface area contributed by atoms with Gasteiger partial charge in [0.2, 0.25) is 0 Å². The van der Waals surface area contributed by atoms with Gasteiger partial charge in [-0.1, -0.05) is 12.2 Å². The number of alkyl halides is 1. The number of rotatable bonds is 7. The van der Waals surface area contributed by atoms with Crippen LogP contribution in [0.4, 0.5) is 9.18 Å². The average Bonchev–Trinajstić information content (AvgIpc) is 3.51. The molecule has 0 aromatic rings. The minimum atomic E-state index is -1.38. The van der Waals surface area contributed by atoms with Gasteiger partial charge >= 0.3 is 6.09 Å². The predicted molar refractivity (Wildman–Crippen MR) is 118 cm³/mol. The molecule has 2 amide bonds. The van der Waals surface area contributed by atoms with E-state index in [0.29, 0.717) is 31.0 Å². The van der Waals surface area contributed by atoms with Crippen LogP contribution in [0.15, 0.2) is 23.8 Å². The van der Waals surface area contributed by atoms with Crippen LogP contribution < -0.4 is 0 Å². The number of hydroxylamine groups is 2. The largest absolute Gasteiger partial charge is 0.444 e. The minimum Gasteiger partial charge on any atom is -0.444 e. The van der Waals surface area contributed by atoms with Crippen molar-refractivity contribution in [3.8, 4) is 0 Å². The Morgan fingerprint density at radius 3 is 2.53 bits per heavy atom. The Labute approximate surface area is 190 Å². The molecule has 2 aliphatic carbocycles. The Morgan fingerprint density at radius 2 is 1.94 bits per heavy atom. The van der Waals surface area contributed by atoms with Crippen LogP contribution in [-0.2, 0) is 19.1 Å². The molecule has 1 saturated heterocycles. The first kappa shape index (κ1) is 24.7. The van der Waals surface area contributed by atoms with Gasteiger partial charge in [-0.05, 0) is 69.4 Å². The zero-order chi connectivity index (χ0) is 23.5. The number of ether oxygens (including phenoxy) is 2. The Bertz CT molecular complexity index is 739. The van der Waals surface area contributed by atoms with Gasteiger partial charge in [0.1, 0.15) is 11.8 Å². The molecule has 180 valence electrons. The van der Waals surface area contributed by atoms with Gasteiger partial charge in [0, 0.05) is 20.1 Å². The van der Waals surface area contributed by atoms with Crippen molar-refractivity contribution in [1.82, 2.24) is 9.96 Å². The molecule has 1 saturated carbocycles. The molecule has 3 aliphatic rings. The number of allylic oxidation sites excluding steroid dienone is 1. The van der Waals surface area contributed by atoms with Gasteiger partial charge in [0.25, 0.3) is 5.91 Å². The second-order valence-corrected chi connectivity index (χ2v) is 10.1. The molecular formula is C24H37FN2O5. The van der Waals surface area contributed by atoms with Crippen LogP contribution in [0.25, 0.3) is 0 Å². The van der Waals surface area contributed by atoms with E-state index >= 15 is 0 Å². The highest BCUT2D eigenvalue weighted by atomic mass is 19.1. The smallest absolute Gasteiger partial charge is 0.410 e. The summed E-state index contributed by atoms with van der Waals surface area (Å²) in [4.78, 5) is 31.0. The van der Waals surface area contributed by atoms with Gasteiger partial charge < -0.3 is 14.4 Å². The lowest BCUT2D eigenvalue weighted by atomic mass is 9.91. The fourth-order valence-electron chi connectivity index (χ4n) is 4.52. The molecule has 0 aromatic heterocycles. The van der Waals surface area contributed by atoms with E-state index in [2.05, 4.69) is 0 Å². The van der Waals surface area contributed by atoms with Crippen LogP contribution >= 0.6 is 0 Å². The fourth-order valence-corrected chi connectivity index (χ4v) is 4.52. The standard InChI is InChI=1S/C24H37FN2O5/c1-24(2,3)32-23(29)27-10-8-17(9-11-27)20-13-18(20)15-31-14-16-6-7-19(21(25)12-16)22(28)26(4)30-5/h6-7,12,17-21H,8-11,13-15H2,1-5H3/t18-,19?,20+,21?/m0/s1. The van der Waals surface area contributed by atoms with E-state index in [1.807, 2.05) is 25.7 Å². The lowest BCUT2D eigenvalue weighted by Gasteiger charge is -2.33. The Hall–Kier alpha value is -1.93. The summed E-state index contributed by atoms with van der Waals surface area (Å²) < 4.78 is 25.7. The van der Waals surface area contributed by atoms with Crippen LogP contribution in [0.5, 0.6) is 0 Å². The summed E-state index contributed by atoms with van der Waals surface area (Å²) in [6.45, 7) is 8.16. The number of carbonyl (C=O) groups is 2. The molecule has 1 aliphatic heterocycles. The van der Waals surface area contributed by atoms with Crippen molar-refractivity contribution in [3.63, 3.8) is 0 Å². The average molecular weight is 453 g/mol. The van der Waals surface area contributed by atoms with E-state index in [-0.39, 0.29) is 6.09 Å². The first-order valence-electron chi connectivity index (χ1n) is 11.5. The van der Waals surface area contributed by atoms with Gasteiger partial charge in [-0.2, -0.15) is 0 Å². The Morgan fingerprint density at radius 1 is 1.25 bits per heavy atom. The summed E-state index contributed by atoms with van der Waals surface area (Å²) in [6, 6.07) is 0. The molecule has 0 N–H and O–H groups in total. The summed E-state index contributed by atoms with van der Waals surface area (Å²) in [7, 11) is 2.85. The minimum absolute atomic E-state index is 0.218. The van der Waals surface area contributed by atoms with Crippen molar-refractivity contribution >= 4 is 12.0 Å². The van der Waals surface area contributed by atoms with E-state index in [0.717, 1.165) is 43.0 Å². The molecule has 0 bridgehead atoms. The van der Waals surface area contributed by atoms with Crippen LogP contribution in [0, 0.1) is 23.7 Å². The van der Waals surface area contributed by atoms with Crippen LogP contribution in [-0.4, -0.2) is 74.2 Å². The second-order valence-electron chi connectivity index (χ2n) is 10.1. The number of hydrogen-bond acceptors (Lipinski definition) is 5. The molecular weight excluding hydrogens is 415 g/mol. The summed E-state index contributed by atoms with van der Waals surface area (Å²) in [5.74, 6) is 0.532. The van der Waals surface area contributed by atoms with E-state index in [4.69, 9.17) is 14.3 Å². The third kappa shape index (κ3) is 6.54. The molecule has 4 atom stereocenters. The van der Waals surface area contributed by atoms with E-state index in [9.17, 15) is 14.0 Å². The van der Waals surface area contributed by atoms with Gasteiger partial charge in [0.05, 0.1) is 26.2 Å². The number of carbonyl (C=O) groups excluding carboxylic acids is 2. The van der Waals surface area contributed by atoms with Crippen LogP contribution in [0.3, 0.4) is 0 Å².